The molecule has 2 rings (SSSR count). The molecule has 3 heteroatoms. The predicted molar refractivity (Wildman–Crippen MR) is 90.1 cm³/mol. The Labute approximate surface area is 127 Å². The Morgan fingerprint density at radius 3 is 1.67 bits per heavy atom. The minimum absolute atomic E-state index is 0.0400. The second kappa shape index (κ2) is 6.17. The van der Waals surface area contributed by atoms with E-state index in [1.54, 1.807) is 6.92 Å². The molecular weight excluding hydrogens is 279 g/mol. The molecule has 0 aliphatic rings. The fourth-order valence-electron chi connectivity index (χ4n) is 2.30. The van der Waals surface area contributed by atoms with Crippen LogP contribution in [0, 0.1) is 5.92 Å². The summed E-state index contributed by atoms with van der Waals surface area (Å²) in [5, 5.41) is 12.3. The molecule has 0 radical (unpaired) electrons. The van der Waals surface area contributed by atoms with Gasteiger partial charge in [0.05, 0.1) is 5.60 Å². The van der Waals surface area contributed by atoms with Crippen molar-refractivity contribution >= 4 is 17.8 Å². The van der Waals surface area contributed by atoms with Crippen molar-refractivity contribution in [2.75, 3.05) is 6.16 Å². The zero-order chi connectivity index (χ0) is 15.5. The molecule has 1 atom stereocenters. The molecule has 2 aromatic carbocycles. The van der Waals surface area contributed by atoms with Crippen molar-refractivity contribution in [2.24, 2.45) is 5.92 Å². The first-order valence-electron chi connectivity index (χ1n) is 7.29. The van der Waals surface area contributed by atoms with Gasteiger partial charge in [-0.15, -0.1) is 0 Å². The number of benzene rings is 2. The minimum atomic E-state index is -2.85. The van der Waals surface area contributed by atoms with Gasteiger partial charge in [0.1, 0.15) is 7.14 Å². The van der Waals surface area contributed by atoms with Crippen LogP contribution in [0.2, 0.25) is 0 Å². The molecule has 0 aliphatic carbocycles. The molecule has 1 N–H and O–H groups in total. The summed E-state index contributed by atoms with van der Waals surface area (Å²) >= 11 is 0. The van der Waals surface area contributed by atoms with Crippen molar-refractivity contribution in [3.05, 3.63) is 60.7 Å². The second-order valence-electron chi connectivity index (χ2n) is 6.08. The van der Waals surface area contributed by atoms with Crippen LogP contribution in [0.4, 0.5) is 0 Å². The maximum absolute atomic E-state index is 13.8. The predicted octanol–water partition coefficient (Wildman–Crippen LogP) is 3.41. The first kappa shape index (κ1) is 16.0. The monoisotopic (exact) mass is 302 g/mol. The minimum Gasteiger partial charge on any atom is -0.389 e. The van der Waals surface area contributed by atoms with Crippen molar-refractivity contribution in [3.8, 4) is 0 Å². The molecule has 1 unspecified atom stereocenters. The molecule has 0 saturated carbocycles. The molecule has 0 aromatic heterocycles. The first-order chi connectivity index (χ1) is 9.86. The lowest BCUT2D eigenvalue weighted by Gasteiger charge is -2.32. The normalized spacial score (nSPS) is 14.9. The molecule has 0 saturated heterocycles. The van der Waals surface area contributed by atoms with Gasteiger partial charge >= 0.3 is 0 Å². The van der Waals surface area contributed by atoms with Gasteiger partial charge in [-0.2, -0.15) is 0 Å². The molecule has 0 fully saturated rings. The van der Waals surface area contributed by atoms with Gasteiger partial charge in [0, 0.05) is 16.8 Å². The highest BCUT2D eigenvalue weighted by Crippen LogP contribution is 2.47. The van der Waals surface area contributed by atoms with Crippen LogP contribution in [0.25, 0.3) is 0 Å². The van der Waals surface area contributed by atoms with E-state index in [1.807, 2.05) is 74.5 Å². The van der Waals surface area contributed by atoms with Crippen LogP contribution in [0.3, 0.4) is 0 Å². The maximum Gasteiger partial charge on any atom is 0.146 e. The summed E-state index contributed by atoms with van der Waals surface area (Å²) in [6.45, 7) is 5.69. The molecule has 2 nitrogen and oxygen atoms in total. The molecule has 0 spiro atoms. The molecule has 0 amide bonds. The Morgan fingerprint density at radius 2 is 1.33 bits per heavy atom. The lowest BCUT2D eigenvalue weighted by Crippen LogP contribution is -2.38. The smallest absolute Gasteiger partial charge is 0.146 e. The molecule has 0 heterocycles. The fourth-order valence-corrected chi connectivity index (χ4v) is 5.54. The largest absolute Gasteiger partial charge is 0.389 e. The standard InChI is InChI=1S/C18H23O2P/c1-15(2)18(3,19)14-21(20,16-10-6-4-7-11-16)17-12-8-5-9-13-17/h4-13,15,19H,14H2,1-3H3. The van der Waals surface area contributed by atoms with E-state index in [1.165, 1.54) is 0 Å². The molecule has 0 bridgehead atoms. The highest BCUT2D eigenvalue weighted by atomic mass is 31.2. The average Bonchev–Trinajstić information content (AvgIpc) is 2.48. The second-order valence-corrected chi connectivity index (χ2v) is 8.91. The summed E-state index contributed by atoms with van der Waals surface area (Å²) in [6, 6.07) is 19.0. The van der Waals surface area contributed by atoms with E-state index in [-0.39, 0.29) is 12.1 Å². The quantitative estimate of drug-likeness (QED) is 0.859. The Morgan fingerprint density at radius 1 is 0.952 bits per heavy atom. The van der Waals surface area contributed by atoms with Gasteiger partial charge in [-0.05, 0) is 12.8 Å². The van der Waals surface area contributed by atoms with Crippen molar-refractivity contribution in [3.63, 3.8) is 0 Å². The van der Waals surface area contributed by atoms with Crippen LogP contribution in [0.15, 0.2) is 60.7 Å². The Kier molecular flexibility index (Phi) is 4.70. The third kappa shape index (κ3) is 3.45. The molecule has 21 heavy (non-hydrogen) atoms. The topological polar surface area (TPSA) is 37.3 Å². The number of rotatable bonds is 5. The van der Waals surface area contributed by atoms with E-state index < -0.39 is 12.7 Å². The van der Waals surface area contributed by atoms with Crippen LogP contribution in [0.5, 0.6) is 0 Å². The third-order valence-corrected chi connectivity index (χ3v) is 7.48. The summed E-state index contributed by atoms with van der Waals surface area (Å²) in [5.74, 6) is 0.0400. The van der Waals surface area contributed by atoms with Crippen LogP contribution < -0.4 is 10.6 Å². The van der Waals surface area contributed by atoms with E-state index in [9.17, 15) is 9.67 Å². The van der Waals surface area contributed by atoms with Gasteiger partial charge in [-0.25, -0.2) is 0 Å². The summed E-state index contributed by atoms with van der Waals surface area (Å²) in [7, 11) is -2.85. The molecule has 2 aromatic rings. The van der Waals surface area contributed by atoms with Crippen LogP contribution >= 0.6 is 7.14 Å². The highest BCUT2D eigenvalue weighted by molar-refractivity contribution is 7.78. The zero-order valence-electron chi connectivity index (χ0n) is 12.9. The van der Waals surface area contributed by atoms with Gasteiger partial charge in [0.15, 0.2) is 0 Å². The summed E-state index contributed by atoms with van der Waals surface area (Å²) < 4.78 is 13.8. The summed E-state index contributed by atoms with van der Waals surface area (Å²) in [4.78, 5) is 0. The van der Waals surface area contributed by atoms with Crippen LogP contribution in [0.1, 0.15) is 20.8 Å². The summed E-state index contributed by atoms with van der Waals surface area (Å²) in [5.41, 5.74) is -0.971. The zero-order valence-corrected chi connectivity index (χ0v) is 13.8. The lowest BCUT2D eigenvalue weighted by molar-refractivity contribution is 0.0360. The van der Waals surface area contributed by atoms with E-state index in [4.69, 9.17) is 0 Å². The number of hydrogen-bond acceptors (Lipinski definition) is 2. The lowest BCUT2D eigenvalue weighted by atomic mass is 9.95. The Hall–Kier alpha value is -1.37. The van der Waals surface area contributed by atoms with Gasteiger partial charge in [0.2, 0.25) is 0 Å². The van der Waals surface area contributed by atoms with E-state index in [2.05, 4.69) is 0 Å². The van der Waals surface area contributed by atoms with Crippen molar-refractivity contribution in [1.29, 1.82) is 0 Å². The van der Waals surface area contributed by atoms with Gasteiger partial charge in [-0.3, -0.25) is 0 Å². The van der Waals surface area contributed by atoms with Crippen molar-refractivity contribution < 1.29 is 9.67 Å². The van der Waals surface area contributed by atoms with Crippen molar-refractivity contribution in [1.82, 2.24) is 0 Å². The highest BCUT2D eigenvalue weighted by Gasteiger charge is 2.37. The third-order valence-electron chi connectivity index (χ3n) is 4.13. The van der Waals surface area contributed by atoms with Crippen LogP contribution in [-0.2, 0) is 4.57 Å². The molecule has 112 valence electrons. The fraction of sp³-hybridized carbons (Fsp3) is 0.333. The van der Waals surface area contributed by atoms with Crippen LogP contribution in [-0.4, -0.2) is 16.9 Å². The molecule has 0 aliphatic heterocycles. The summed E-state index contributed by atoms with van der Waals surface area (Å²) in [6.07, 6.45) is 0.256. The van der Waals surface area contributed by atoms with E-state index in [0.29, 0.717) is 0 Å². The van der Waals surface area contributed by atoms with E-state index >= 15 is 0 Å². The van der Waals surface area contributed by atoms with Gasteiger partial charge in [0.25, 0.3) is 0 Å². The first-order valence-corrected chi connectivity index (χ1v) is 9.18. The molecular formula is C18H23O2P. The van der Waals surface area contributed by atoms with Gasteiger partial charge < -0.3 is 9.67 Å². The maximum atomic E-state index is 13.8. The SMILES string of the molecule is CC(C)C(C)(O)CP(=O)(c1ccccc1)c1ccccc1. The number of aliphatic hydroxyl groups is 1. The van der Waals surface area contributed by atoms with Gasteiger partial charge in [-0.1, -0.05) is 74.5 Å². The Bertz CT molecular complexity index is 575. The number of hydrogen-bond donors (Lipinski definition) is 1. The van der Waals surface area contributed by atoms with E-state index in [0.717, 1.165) is 10.6 Å². The average molecular weight is 302 g/mol. The van der Waals surface area contributed by atoms with Crippen molar-refractivity contribution in [2.45, 2.75) is 26.4 Å². The Balaban J connectivity index is 2.54.